The second-order valence-electron chi connectivity index (χ2n) is 4.36. The minimum atomic E-state index is -3.76. The molecule has 19 heavy (non-hydrogen) atoms. The fraction of sp³-hybridized carbons (Fsp3) is 0.500. The fourth-order valence-electron chi connectivity index (χ4n) is 1.53. The summed E-state index contributed by atoms with van der Waals surface area (Å²) < 4.78 is 31.8. The SMILES string of the molecule is COc1ccc(Br)cc1S(=O)(=O)N(CC(C)C)OC. The maximum Gasteiger partial charge on any atom is 0.268 e. The minimum Gasteiger partial charge on any atom is -0.495 e. The topological polar surface area (TPSA) is 55.8 Å². The van der Waals surface area contributed by atoms with Crippen molar-refractivity contribution in [3.05, 3.63) is 22.7 Å². The molecule has 0 saturated carbocycles. The van der Waals surface area contributed by atoms with Crippen molar-refractivity contribution < 1.29 is 18.0 Å². The van der Waals surface area contributed by atoms with Gasteiger partial charge in [-0.2, -0.15) is 0 Å². The third kappa shape index (κ3) is 3.92. The lowest BCUT2D eigenvalue weighted by atomic mass is 10.2. The van der Waals surface area contributed by atoms with Gasteiger partial charge in [0.05, 0.1) is 14.2 Å². The van der Waals surface area contributed by atoms with Crippen molar-refractivity contribution in [1.82, 2.24) is 4.47 Å². The van der Waals surface area contributed by atoms with Crippen molar-refractivity contribution in [3.63, 3.8) is 0 Å². The largest absolute Gasteiger partial charge is 0.495 e. The Balaban J connectivity index is 3.28. The van der Waals surface area contributed by atoms with E-state index in [1.165, 1.54) is 20.3 Å². The number of sulfonamides is 1. The molecule has 0 aliphatic carbocycles. The van der Waals surface area contributed by atoms with Crippen LogP contribution in [0.2, 0.25) is 0 Å². The Labute approximate surface area is 122 Å². The number of rotatable bonds is 6. The standard InChI is InChI=1S/C12H18BrNO4S/c1-9(2)8-14(18-4)19(15,16)12-7-10(13)5-6-11(12)17-3/h5-7,9H,8H2,1-4H3. The van der Waals surface area contributed by atoms with Gasteiger partial charge in [0.2, 0.25) is 0 Å². The molecule has 0 atom stereocenters. The molecule has 0 aliphatic heterocycles. The van der Waals surface area contributed by atoms with Crippen molar-refractivity contribution in [2.75, 3.05) is 20.8 Å². The van der Waals surface area contributed by atoms with Crippen LogP contribution in [0.4, 0.5) is 0 Å². The molecule has 5 nitrogen and oxygen atoms in total. The zero-order chi connectivity index (χ0) is 14.6. The molecule has 0 heterocycles. The van der Waals surface area contributed by atoms with Gasteiger partial charge in [0, 0.05) is 11.0 Å². The van der Waals surface area contributed by atoms with E-state index in [2.05, 4.69) is 15.9 Å². The van der Waals surface area contributed by atoms with Crippen LogP contribution < -0.4 is 4.74 Å². The van der Waals surface area contributed by atoms with E-state index in [9.17, 15) is 8.42 Å². The van der Waals surface area contributed by atoms with E-state index in [0.29, 0.717) is 4.47 Å². The highest BCUT2D eigenvalue weighted by Crippen LogP contribution is 2.30. The predicted molar refractivity (Wildman–Crippen MR) is 76.4 cm³/mol. The van der Waals surface area contributed by atoms with Crippen molar-refractivity contribution in [3.8, 4) is 5.75 Å². The second-order valence-corrected chi connectivity index (χ2v) is 7.07. The summed E-state index contributed by atoms with van der Waals surface area (Å²) in [4.78, 5) is 5.07. The number of hydrogen-bond acceptors (Lipinski definition) is 4. The van der Waals surface area contributed by atoms with Crippen LogP contribution in [0.25, 0.3) is 0 Å². The van der Waals surface area contributed by atoms with Gasteiger partial charge in [0.1, 0.15) is 10.6 Å². The van der Waals surface area contributed by atoms with Crippen LogP contribution in [0.3, 0.4) is 0 Å². The first kappa shape index (κ1) is 16.4. The summed E-state index contributed by atoms with van der Waals surface area (Å²) in [7, 11) is -0.985. The highest BCUT2D eigenvalue weighted by atomic mass is 79.9. The zero-order valence-electron chi connectivity index (χ0n) is 11.4. The average Bonchev–Trinajstić information content (AvgIpc) is 2.35. The van der Waals surface area contributed by atoms with E-state index < -0.39 is 10.0 Å². The Morgan fingerprint density at radius 2 is 1.95 bits per heavy atom. The molecule has 0 amide bonds. The first-order valence-electron chi connectivity index (χ1n) is 5.73. The first-order valence-corrected chi connectivity index (χ1v) is 7.96. The lowest BCUT2D eigenvalue weighted by molar-refractivity contribution is -0.0558. The lowest BCUT2D eigenvalue weighted by Crippen LogP contribution is -2.33. The van der Waals surface area contributed by atoms with Crippen molar-refractivity contribution in [1.29, 1.82) is 0 Å². The van der Waals surface area contributed by atoms with Gasteiger partial charge < -0.3 is 4.74 Å². The predicted octanol–water partition coefficient (Wildman–Crippen LogP) is 2.67. The number of methoxy groups -OCH3 is 1. The number of ether oxygens (including phenoxy) is 1. The Hall–Kier alpha value is -0.630. The van der Waals surface area contributed by atoms with E-state index in [-0.39, 0.29) is 23.1 Å². The third-order valence-electron chi connectivity index (χ3n) is 2.39. The average molecular weight is 352 g/mol. The third-order valence-corrected chi connectivity index (χ3v) is 4.59. The van der Waals surface area contributed by atoms with E-state index in [1.54, 1.807) is 12.1 Å². The van der Waals surface area contributed by atoms with Gasteiger partial charge in [-0.1, -0.05) is 34.2 Å². The molecular formula is C12H18BrNO4S. The molecule has 0 fully saturated rings. The Morgan fingerprint density at radius 1 is 1.32 bits per heavy atom. The van der Waals surface area contributed by atoms with Gasteiger partial charge in [0.25, 0.3) is 10.0 Å². The normalized spacial score (nSPS) is 12.2. The van der Waals surface area contributed by atoms with Gasteiger partial charge >= 0.3 is 0 Å². The van der Waals surface area contributed by atoms with Crippen LogP contribution in [0.15, 0.2) is 27.6 Å². The highest BCUT2D eigenvalue weighted by Gasteiger charge is 2.28. The van der Waals surface area contributed by atoms with E-state index >= 15 is 0 Å². The Kier molecular flexibility index (Phi) is 5.79. The number of halogens is 1. The molecule has 0 aliphatic rings. The Bertz CT molecular complexity index is 531. The number of hydroxylamine groups is 1. The molecule has 0 aromatic heterocycles. The van der Waals surface area contributed by atoms with Crippen LogP contribution in [0.1, 0.15) is 13.8 Å². The molecular weight excluding hydrogens is 334 g/mol. The maximum atomic E-state index is 12.5. The molecule has 0 spiro atoms. The summed E-state index contributed by atoms with van der Waals surface area (Å²) in [5.41, 5.74) is 0. The van der Waals surface area contributed by atoms with Crippen LogP contribution in [-0.4, -0.2) is 33.7 Å². The minimum absolute atomic E-state index is 0.0758. The summed E-state index contributed by atoms with van der Waals surface area (Å²) in [5.74, 6) is 0.432. The van der Waals surface area contributed by atoms with E-state index in [1.807, 2.05) is 13.8 Å². The van der Waals surface area contributed by atoms with Crippen molar-refractivity contribution in [2.45, 2.75) is 18.7 Å². The molecule has 108 valence electrons. The van der Waals surface area contributed by atoms with Crippen LogP contribution in [-0.2, 0) is 14.9 Å². The molecule has 1 rings (SSSR count). The molecule has 7 heteroatoms. The molecule has 0 saturated heterocycles. The summed E-state index contributed by atoms with van der Waals surface area (Å²) >= 11 is 3.26. The van der Waals surface area contributed by atoms with Crippen LogP contribution in [0.5, 0.6) is 5.75 Å². The number of hydrogen-bond donors (Lipinski definition) is 0. The van der Waals surface area contributed by atoms with Gasteiger partial charge in [-0.3, -0.25) is 4.84 Å². The lowest BCUT2D eigenvalue weighted by Gasteiger charge is -2.22. The van der Waals surface area contributed by atoms with E-state index in [0.717, 1.165) is 4.47 Å². The van der Waals surface area contributed by atoms with Gasteiger partial charge in [-0.15, -0.1) is 0 Å². The smallest absolute Gasteiger partial charge is 0.268 e. The molecule has 0 unspecified atom stereocenters. The summed E-state index contributed by atoms with van der Waals surface area (Å²) in [6.45, 7) is 4.11. The fourth-order valence-corrected chi connectivity index (χ4v) is 3.63. The molecule has 1 aromatic carbocycles. The summed E-state index contributed by atoms with van der Waals surface area (Å²) in [6.07, 6.45) is 0. The maximum absolute atomic E-state index is 12.5. The van der Waals surface area contributed by atoms with E-state index in [4.69, 9.17) is 9.57 Å². The van der Waals surface area contributed by atoms with Crippen LogP contribution >= 0.6 is 15.9 Å². The number of nitrogens with zero attached hydrogens (tertiary/aromatic N) is 1. The monoisotopic (exact) mass is 351 g/mol. The van der Waals surface area contributed by atoms with Crippen LogP contribution in [0, 0.1) is 5.92 Å². The molecule has 0 bridgehead atoms. The quantitative estimate of drug-likeness (QED) is 0.739. The van der Waals surface area contributed by atoms with Gasteiger partial charge in [0.15, 0.2) is 0 Å². The Morgan fingerprint density at radius 3 is 2.42 bits per heavy atom. The summed E-state index contributed by atoms with van der Waals surface area (Å²) in [6, 6.07) is 4.82. The number of benzene rings is 1. The molecule has 1 aromatic rings. The highest BCUT2D eigenvalue weighted by molar-refractivity contribution is 9.10. The molecule has 0 radical (unpaired) electrons. The molecule has 0 N–H and O–H groups in total. The van der Waals surface area contributed by atoms with Crippen molar-refractivity contribution in [2.24, 2.45) is 5.92 Å². The van der Waals surface area contributed by atoms with Crippen molar-refractivity contribution >= 4 is 26.0 Å². The first-order chi connectivity index (χ1) is 8.82. The van der Waals surface area contributed by atoms with Gasteiger partial charge in [-0.05, 0) is 24.1 Å². The zero-order valence-corrected chi connectivity index (χ0v) is 13.8. The second kappa shape index (κ2) is 6.69. The van der Waals surface area contributed by atoms with Gasteiger partial charge in [-0.25, -0.2) is 8.42 Å². The summed E-state index contributed by atoms with van der Waals surface area (Å²) in [5, 5.41) is 0.